The van der Waals surface area contributed by atoms with E-state index >= 15 is 0 Å². The molecule has 0 aromatic heterocycles. The van der Waals surface area contributed by atoms with Gasteiger partial charge in [0.15, 0.2) is 0 Å². The zero-order valence-electron chi connectivity index (χ0n) is 13.2. The number of nitrogens with zero attached hydrogens (tertiary/aromatic N) is 1. The Morgan fingerprint density at radius 2 is 2.09 bits per heavy atom. The lowest BCUT2D eigenvalue weighted by molar-refractivity contribution is -0.149. The molecule has 1 saturated carbocycles. The van der Waals surface area contributed by atoms with Gasteiger partial charge in [0.05, 0.1) is 5.41 Å². The van der Waals surface area contributed by atoms with Crippen molar-refractivity contribution in [3.63, 3.8) is 0 Å². The van der Waals surface area contributed by atoms with Crippen molar-refractivity contribution in [2.24, 2.45) is 11.3 Å². The second-order valence-corrected chi connectivity index (χ2v) is 6.64. The van der Waals surface area contributed by atoms with E-state index in [1.165, 1.54) is 0 Å². The largest absolute Gasteiger partial charge is 0.481 e. The summed E-state index contributed by atoms with van der Waals surface area (Å²) < 4.78 is 0. The van der Waals surface area contributed by atoms with Crippen LogP contribution >= 0.6 is 0 Å². The Kier molecular flexibility index (Phi) is 4.93. The van der Waals surface area contributed by atoms with E-state index in [1.54, 1.807) is 4.90 Å². The van der Waals surface area contributed by atoms with Gasteiger partial charge >= 0.3 is 12.0 Å². The van der Waals surface area contributed by atoms with E-state index in [9.17, 15) is 19.5 Å². The summed E-state index contributed by atoms with van der Waals surface area (Å²) in [5, 5.41) is 15.0. The Morgan fingerprint density at radius 1 is 1.36 bits per heavy atom. The van der Waals surface area contributed by atoms with Gasteiger partial charge in [-0.15, -0.1) is 0 Å². The second-order valence-electron chi connectivity index (χ2n) is 6.64. The molecule has 124 valence electrons. The molecule has 1 aliphatic carbocycles. The number of urea groups is 1. The lowest BCUT2D eigenvalue weighted by atomic mass is 9.81. The fraction of sp³-hybridized carbons (Fsp3) is 0.800. The van der Waals surface area contributed by atoms with Crippen molar-refractivity contribution >= 4 is 17.9 Å². The van der Waals surface area contributed by atoms with Crippen molar-refractivity contribution in [3.05, 3.63) is 0 Å². The van der Waals surface area contributed by atoms with Crippen molar-refractivity contribution in [1.82, 2.24) is 15.5 Å². The van der Waals surface area contributed by atoms with Crippen molar-refractivity contribution in [1.29, 1.82) is 0 Å². The topological polar surface area (TPSA) is 98.7 Å². The number of aliphatic carboxylic acids is 1. The molecule has 1 aliphatic heterocycles. The summed E-state index contributed by atoms with van der Waals surface area (Å²) in [7, 11) is 0. The average molecular weight is 311 g/mol. The number of hydrogen-bond donors (Lipinski definition) is 3. The molecular weight excluding hydrogens is 286 g/mol. The molecule has 3 N–H and O–H groups in total. The standard InChI is InChI=1S/C15H25N3O4/c1-10(2)17-12(19)5-7-16-14(22)18-8-11-4-3-6-15(11,9-18)13(20)21/h10-11H,3-9H2,1-2H3,(H,16,22)(H,17,19)(H,20,21)/t11-,15+/m0/s1. The quantitative estimate of drug-likeness (QED) is 0.699. The first kappa shape index (κ1) is 16.6. The summed E-state index contributed by atoms with van der Waals surface area (Å²) in [6.07, 6.45) is 2.66. The minimum absolute atomic E-state index is 0.0555. The summed E-state index contributed by atoms with van der Waals surface area (Å²) in [6, 6.07) is -0.191. The molecule has 2 aliphatic rings. The number of hydrogen-bond acceptors (Lipinski definition) is 3. The van der Waals surface area contributed by atoms with Gasteiger partial charge in [-0.25, -0.2) is 4.79 Å². The summed E-state index contributed by atoms with van der Waals surface area (Å²) in [4.78, 5) is 36.8. The van der Waals surface area contributed by atoms with Gasteiger partial charge in [0.1, 0.15) is 0 Å². The minimum Gasteiger partial charge on any atom is -0.481 e. The molecule has 3 amide bonds. The fourth-order valence-electron chi connectivity index (χ4n) is 3.58. The summed E-state index contributed by atoms with van der Waals surface area (Å²) in [6.45, 7) is 4.79. The van der Waals surface area contributed by atoms with Crippen molar-refractivity contribution in [3.8, 4) is 0 Å². The molecule has 7 heteroatoms. The van der Waals surface area contributed by atoms with Crippen LogP contribution in [-0.4, -0.2) is 53.6 Å². The molecule has 0 aromatic carbocycles. The Labute approximate surface area is 130 Å². The van der Waals surface area contributed by atoms with Gasteiger partial charge in [-0.05, 0) is 32.6 Å². The molecule has 2 rings (SSSR count). The van der Waals surface area contributed by atoms with Gasteiger partial charge in [0, 0.05) is 32.1 Å². The monoisotopic (exact) mass is 311 g/mol. The van der Waals surface area contributed by atoms with E-state index in [1.807, 2.05) is 13.8 Å². The third kappa shape index (κ3) is 3.34. The smallest absolute Gasteiger partial charge is 0.317 e. The number of carbonyl (C=O) groups is 3. The van der Waals surface area contributed by atoms with E-state index in [0.29, 0.717) is 13.0 Å². The maximum atomic E-state index is 12.1. The van der Waals surface area contributed by atoms with Crippen LogP contribution in [0.25, 0.3) is 0 Å². The van der Waals surface area contributed by atoms with E-state index in [4.69, 9.17) is 0 Å². The third-order valence-electron chi connectivity index (χ3n) is 4.66. The molecule has 1 saturated heterocycles. The summed E-state index contributed by atoms with van der Waals surface area (Å²) in [5.41, 5.74) is -0.758. The first-order valence-corrected chi connectivity index (χ1v) is 7.90. The lowest BCUT2D eigenvalue weighted by Crippen LogP contribution is -2.43. The van der Waals surface area contributed by atoms with Crippen LogP contribution in [0, 0.1) is 11.3 Å². The number of nitrogens with one attached hydrogen (secondary N) is 2. The summed E-state index contributed by atoms with van der Waals surface area (Å²) >= 11 is 0. The molecule has 0 spiro atoms. The highest BCUT2D eigenvalue weighted by molar-refractivity contribution is 5.81. The lowest BCUT2D eigenvalue weighted by Gasteiger charge is -2.23. The van der Waals surface area contributed by atoms with Crippen molar-refractivity contribution in [2.75, 3.05) is 19.6 Å². The molecule has 2 atom stereocenters. The first-order valence-electron chi connectivity index (χ1n) is 7.90. The molecular formula is C15H25N3O4. The van der Waals surface area contributed by atoms with Crippen LogP contribution in [0.4, 0.5) is 4.79 Å². The number of carboxylic acid groups (broad SMARTS) is 1. The van der Waals surface area contributed by atoms with Crippen LogP contribution < -0.4 is 10.6 Å². The normalized spacial score (nSPS) is 26.9. The fourth-order valence-corrected chi connectivity index (χ4v) is 3.58. The van der Waals surface area contributed by atoms with Crippen LogP contribution in [0.1, 0.15) is 39.5 Å². The Bertz CT molecular complexity index is 466. The first-order chi connectivity index (χ1) is 10.3. The van der Waals surface area contributed by atoms with Crippen LogP contribution in [-0.2, 0) is 9.59 Å². The van der Waals surface area contributed by atoms with Crippen molar-refractivity contribution in [2.45, 2.75) is 45.6 Å². The highest BCUT2D eigenvalue weighted by Gasteiger charge is 2.55. The zero-order valence-corrected chi connectivity index (χ0v) is 13.2. The predicted molar refractivity (Wildman–Crippen MR) is 80.3 cm³/mol. The van der Waals surface area contributed by atoms with E-state index in [-0.39, 0.29) is 43.4 Å². The average Bonchev–Trinajstić information content (AvgIpc) is 2.94. The molecule has 0 bridgehead atoms. The van der Waals surface area contributed by atoms with E-state index < -0.39 is 11.4 Å². The molecule has 22 heavy (non-hydrogen) atoms. The van der Waals surface area contributed by atoms with E-state index in [2.05, 4.69) is 10.6 Å². The van der Waals surface area contributed by atoms with Crippen LogP contribution in [0.15, 0.2) is 0 Å². The van der Waals surface area contributed by atoms with E-state index in [0.717, 1.165) is 12.8 Å². The number of likely N-dealkylation sites (tertiary alicyclic amines) is 1. The molecule has 0 unspecified atom stereocenters. The van der Waals surface area contributed by atoms with Crippen molar-refractivity contribution < 1.29 is 19.5 Å². The number of fused-ring (bicyclic) bond motifs is 1. The number of rotatable bonds is 5. The number of amides is 3. The Balaban J connectivity index is 1.80. The predicted octanol–water partition coefficient (Wildman–Crippen LogP) is 0.797. The Morgan fingerprint density at radius 3 is 2.68 bits per heavy atom. The second kappa shape index (κ2) is 6.54. The molecule has 0 aromatic rings. The zero-order chi connectivity index (χ0) is 16.3. The van der Waals surface area contributed by atoms with Crippen LogP contribution in [0.2, 0.25) is 0 Å². The summed E-state index contributed by atoms with van der Waals surface area (Å²) in [5.74, 6) is -0.836. The highest BCUT2D eigenvalue weighted by Crippen LogP contribution is 2.48. The van der Waals surface area contributed by atoms with Gasteiger partial charge in [0.2, 0.25) is 5.91 Å². The Hall–Kier alpha value is -1.79. The molecule has 0 radical (unpaired) electrons. The minimum atomic E-state index is -0.790. The van der Waals surface area contributed by atoms with Gasteiger partial charge in [0.25, 0.3) is 0 Å². The maximum absolute atomic E-state index is 12.1. The maximum Gasteiger partial charge on any atom is 0.317 e. The third-order valence-corrected chi connectivity index (χ3v) is 4.66. The van der Waals surface area contributed by atoms with Gasteiger partial charge in [-0.1, -0.05) is 6.42 Å². The van der Waals surface area contributed by atoms with Gasteiger partial charge in [-0.3, -0.25) is 9.59 Å². The van der Waals surface area contributed by atoms with Gasteiger partial charge in [-0.2, -0.15) is 0 Å². The number of carboxylic acids is 1. The molecule has 7 nitrogen and oxygen atoms in total. The SMILES string of the molecule is CC(C)NC(=O)CCNC(=O)N1C[C@@H]2CCC[C@@]2(C(=O)O)C1. The van der Waals surface area contributed by atoms with Crippen LogP contribution in [0.5, 0.6) is 0 Å². The highest BCUT2D eigenvalue weighted by atomic mass is 16.4. The number of carbonyl (C=O) groups excluding carboxylic acids is 2. The van der Waals surface area contributed by atoms with Crippen LogP contribution in [0.3, 0.4) is 0 Å². The molecule has 1 heterocycles. The van der Waals surface area contributed by atoms with Gasteiger partial charge < -0.3 is 20.6 Å². The molecule has 2 fully saturated rings.